The number of rotatable bonds is 6. The number of carbonyl (C=O) groups excluding carboxylic acids is 2. The molecule has 0 amide bonds. The Labute approximate surface area is 147 Å². The van der Waals surface area contributed by atoms with Crippen molar-refractivity contribution in [1.82, 2.24) is 0 Å². The predicted octanol–water partition coefficient (Wildman–Crippen LogP) is 3.87. The van der Waals surface area contributed by atoms with Crippen molar-refractivity contribution in [1.29, 1.82) is 0 Å². The van der Waals surface area contributed by atoms with Crippen molar-refractivity contribution >= 4 is 11.9 Å². The molecule has 1 atom stereocenters. The Morgan fingerprint density at radius 1 is 0.880 bits per heavy atom. The average Bonchev–Trinajstić information content (AvgIpc) is 2.51. The Morgan fingerprint density at radius 2 is 1.24 bits per heavy atom. The smallest absolute Gasteiger partial charge is 0.420 e. The third-order valence-corrected chi connectivity index (χ3v) is 4.15. The van der Waals surface area contributed by atoms with Gasteiger partial charge in [-0.05, 0) is 47.5 Å². The Kier molecular flexibility index (Phi) is 9.75. The second kappa shape index (κ2) is 9.40. The molecule has 8 heteroatoms. The molecule has 0 saturated heterocycles. The van der Waals surface area contributed by atoms with Gasteiger partial charge in [-0.3, -0.25) is 9.59 Å². The van der Waals surface area contributed by atoms with E-state index >= 15 is 0 Å². The van der Waals surface area contributed by atoms with Gasteiger partial charge in [0, 0.05) is 0 Å². The molecule has 0 heterocycles. The molecule has 0 aromatic heterocycles. The van der Waals surface area contributed by atoms with Gasteiger partial charge in [-0.25, -0.2) is 0 Å². The number of esters is 2. The van der Waals surface area contributed by atoms with E-state index in [1.165, 1.54) is 7.11 Å². The first-order valence-electron chi connectivity index (χ1n) is 8.03. The minimum atomic E-state index is -4.82. The Bertz CT molecular complexity index is 440. The molecule has 0 aliphatic carbocycles. The van der Waals surface area contributed by atoms with E-state index in [2.05, 4.69) is 9.47 Å². The number of hydrogen-bond acceptors (Lipinski definition) is 5. The van der Waals surface area contributed by atoms with Gasteiger partial charge in [0.1, 0.15) is 6.61 Å². The van der Waals surface area contributed by atoms with Crippen molar-refractivity contribution in [3.63, 3.8) is 0 Å². The lowest BCUT2D eigenvalue weighted by Crippen LogP contribution is -2.47. The molecule has 0 aromatic carbocycles. The predicted molar refractivity (Wildman–Crippen MR) is 87.8 cm³/mol. The number of alkyl halides is 3. The Morgan fingerprint density at radius 3 is 1.48 bits per heavy atom. The molecule has 1 unspecified atom stereocenters. The van der Waals surface area contributed by atoms with Crippen LogP contribution in [0.4, 0.5) is 13.2 Å². The van der Waals surface area contributed by atoms with Crippen LogP contribution in [0.15, 0.2) is 0 Å². The second-order valence-electron chi connectivity index (χ2n) is 7.31. The van der Waals surface area contributed by atoms with E-state index in [4.69, 9.17) is 5.11 Å². The van der Waals surface area contributed by atoms with Gasteiger partial charge in [-0.1, -0.05) is 13.8 Å². The summed E-state index contributed by atoms with van der Waals surface area (Å²) in [7, 11) is 1.42. The van der Waals surface area contributed by atoms with Crippen molar-refractivity contribution in [2.45, 2.75) is 73.1 Å². The summed E-state index contributed by atoms with van der Waals surface area (Å²) in [5, 5.41) is 9.04. The molecule has 1 N–H and O–H groups in total. The fourth-order valence-corrected chi connectivity index (χ4v) is 1.05. The topological polar surface area (TPSA) is 72.8 Å². The van der Waals surface area contributed by atoms with Crippen molar-refractivity contribution < 1.29 is 37.3 Å². The fraction of sp³-hybridized carbons (Fsp3) is 0.882. The third kappa shape index (κ3) is 8.56. The molecule has 0 aliphatic rings. The summed E-state index contributed by atoms with van der Waals surface area (Å²) in [6.07, 6.45) is -3.55. The zero-order valence-electron chi connectivity index (χ0n) is 16.3. The van der Waals surface area contributed by atoms with Crippen LogP contribution < -0.4 is 0 Å². The molecule has 5 nitrogen and oxygen atoms in total. The van der Waals surface area contributed by atoms with Crippen molar-refractivity contribution in [3.8, 4) is 0 Å². The zero-order valence-corrected chi connectivity index (χ0v) is 16.3. The molecule has 0 rings (SSSR count). The van der Waals surface area contributed by atoms with Gasteiger partial charge in [-0.15, -0.1) is 0 Å². The van der Waals surface area contributed by atoms with Crippen LogP contribution in [0.2, 0.25) is 0 Å². The molecule has 0 aromatic rings. The summed E-state index contributed by atoms with van der Waals surface area (Å²) in [5.74, 6) is -0.885. The minimum absolute atomic E-state index is 0.134. The van der Waals surface area contributed by atoms with Crippen LogP contribution in [0.25, 0.3) is 0 Å². The number of carbonyl (C=O) groups is 2. The summed E-state index contributed by atoms with van der Waals surface area (Å²) in [4.78, 5) is 22.2. The van der Waals surface area contributed by atoms with Gasteiger partial charge in [0.15, 0.2) is 5.60 Å². The van der Waals surface area contributed by atoms with Gasteiger partial charge in [0.25, 0.3) is 0 Å². The molecule has 0 spiro atoms. The maximum absolute atomic E-state index is 12.2. The Balaban J connectivity index is 0. The standard InChI is InChI=1S/C10H17F3O3.C7H14O2/c1-5-8(2,3)7(14)16-6-9(4,15)10(11,12)13;1-5-7(2,3)6(8)9-4/h15H,5-6H2,1-4H3;5H2,1-4H3. The van der Waals surface area contributed by atoms with Crippen molar-refractivity contribution in [2.24, 2.45) is 10.8 Å². The van der Waals surface area contributed by atoms with Crippen LogP contribution in [0, 0.1) is 10.8 Å². The number of ether oxygens (including phenoxy) is 2. The molecule has 0 radical (unpaired) electrons. The summed E-state index contributed by atoms with van der Waals surface area (Å²) in [6.45, 7) is 10.1. The van der Waals surface area contributed by atoms with Gasteiger partial charge in [-0.2, -0.15) is 13.2 Å². The highest BCUT2D eigenvalue weighted by Gasteiger charge is 2.51. The van der Waals surface area contributed by atoms with Gasteiger partial charge < -0.3 is 14.6 Å². The number of methoxy groups -OCH3 is 1. The van der Waals surface area contributed by atoms with Crippen LogP contribution in [-0.4, -0.2) is 42.5 Å². The highest BCUT2D eigenvalue weighted by atomic mass is 19.4. The quantitative estimate of drug-likeness (QED) is 0.717. The molecule has 0 saturated carbocycles. The molecule has 0 bridgehead atoms. The van der Waals surface area contributed by atoms with Gasteiger partial charge in [0.05, 0.1) is 17.9 Å². The van der Waals surface area contributed by atoms with E-state index < -0.39 is 29.8 Å². The minimum Gasteiger partial charge on any atom is -0.469 e. The van der Waals surface area contributed by atoms with Crippen LogP contribution in [0.1, 0.15) is 61.3 Å². The van der Waals surface area contributed by atoms with E-state index in [0.29, 0.717) is 13.3 Å². The first-order chi connectivity index (χ1) is 11.0. The number of hydrogen-bond donors (Lipinski definition) is 1. The Hall–Kier alpha value is -1.31. The lowest BCUT2D eigenvalue weighted by atomic mass is 9.90. The monoisotopic (exact) mass is 372 g/mol. The van der Waals surface area contributed by atoms with Gasteiger partial charge >= 0.3 is 18.1 Å². The first kappa shape index (κ1) is 25.9. The van der Waals surface area contributed by atoms with E-state index in [1.54, 1.807) is 20.8 Å². The van der Waals surface area contributed by atoms with E-state index in [1.807, 2.05) is 20.8 Å². The van der Waals surface area contributed by atoms with Crippen LogP contribution in [0.3, 0.4) is 0 Å². The van der Waals surface area contributed by atoms with Crippen LogP contribution in [-0.2, 0) is 19.1 Å². The first-order valence-corrected chi connectivity index (χ1v) is 8.03. The lowest BCUT2D eigenvalue weighted by molar-refractivity contribution is -0.266. The SMILES string of the molecule is CCC(C)(C)C(=O)OC.CCC(C)(C)C(=O)OCC(C)(O)C(F)(F)F. The molecule has 25 heavy (non-hydrogen) atoms. The summed E-state index contributed by atoms with van der Waals surface area (Å²) < 4.78 is 45.7. The average molecular weight is 372 g/mol. The highest BCUT2D eigenvalue weighted by molar-refractivity contribution is 5.76. The molecule has 0 aliphatic heterocycles. The van der Waals surface area contributed by atoms with Crippen LogP contribution >= 0.6 is 0 Å². The molecule has 150 valence electrons. The van der Waals surface area contributed by atoms with E-state index in [-0.39, 0.29) is 11.4 Å². The van der Waals surface area contributed by atoms with E-state index in [9.17, 15) is 22.8 Å². The highest BCUT2D eigenvalue weighted by Crippen LogP contribution is 2.31. The van der Waals surface area contributed by atoms with Crippen molar-refractivity contribution in [3.05, 3.63) is 0 Å². The zero-order chi connectivity index (χ0) is 20.7. The lowest BCUT2D eigenvalue weighted by Gasteiger charge is -2.28. The van der Waals surface area contributed by atoms with Crippen molar-refractivity contribution in [2.75, 3.05) is 13.7 Å². The normalized spacial score (nSPS) is 14.7. The summed E-state index contributed by atoms with van der Waals surface area (Å²) in [5.41, 5.74) is -4.16. The third-order valence-electron chi connectivity index (χ3n) is 4.15. The molecular formula is C17H31F3O5. The maximum Gasteiger partial charge on any atom is 0.420 e. The second-order valence-corrected chi connectivity index (χ2v) is 7.31. The number of aliphatic hydroxyl groups is 1. The number of halogens is 3. The fourth-order valence-electron chi connectivity index (χ4n) is 1.05. The summed E-state index contributed by atoms with van der Waals surface area (Å²) in [6, 6.07) is 0. The van der Waals surface area contributed by atoms with E-state index in [0.717, 1.165) is 6.42 Å². The van der Waals surface area contributed by atoms with Gasteiger partial charge in [0.2, 0.25) is 0 Å². The largest absolute Gasteiger partial charge is 0.469 e. The maximum atomic E-state index is 12.2. The van der Waals surface area contributed by atoms with Crippen LogP contribution in [0.5, 0.6) is 0 Å². The molecular weight excluding hydrogens is 341 g/mol. The molecule has 0 fully saturated rings. The summed E-state index contributed by atoms with van der Waals surface area (Å²) >= 11 is 0.